The Morgan fingerprint density at radius 2 is 1.81 bits per heavy atom. The van der Waals surface area contributed by atoms with Gasteiger partial charge in [0.2, 0.25) is 0 Å². The third kappa shape index (κ3) is 5.23. The summed E-state index contributed by atoms with van der Waals surface area (Å²) >= 11 is 0. The van der Waals surface area contributed by atoms with Crippen molar-refractivity contribution in [3.05, 3.63) is 64.7 Å². The van der Waals surface area contributed by atoms with Crippen LogP contribution < -0.4 is 15.8 Å². The molecule has 140 valence electrons. The zero-order valence-electron chi connectivity index (χ0n) is 14.6. The molecule has 4 nitrogen and oxygen atoms in total. The van der Waals surface area contributed by atoms with E-state index in [9.17, 15) is 18.0 Å². The molecule has 0 unspecified atom stereocenters. The van der Waals surface area contributed by atoms with E-state index in [1.54, 1.807) is 38.1 Å². The van der Waals surface area contributed by atoms with E-state index < -0.39 is 17.6 Å². The van der Waals surface area contributed by atoms with E-state index in [2.05, 4.69) is 5.32 Å². The van der Waals surface area contributed by atoms with E-state index in [4.69, 9.17) is 10.5 Å². The smallest absolute Gasteiger partial charge is 0.416 e. The maximum absolute atomic E-state index is 13.3. The van der Waals surface area contributed by atoms with Gasteiger partial charge in [-0.3, -0.25) is 4.79 Å². The topological polar surface area (TPSA) is 64.3 Å². The Kier molecular flexibility index (Phi) is 6.26. The van der Waals surface area contributed by atoms with Crippen LogP contribution in [0.5, 0.6) is 5.75 Å². The molecule has 0 fully saturated rings. The molecule has 0 radical (unpaired) electrons. The second-order valence-corrected chi connectivity index (χ2v) is 6.07. The fourth-order valence-corrected chi connectivity index (χ4v) is 2.39. The molecule has 0 aliphatic heterocycles. The van der Waals surface area contributed by atoms with Crippen LogP contribution in [0.1, 0.15) is 40.9 Å². The maximum Gasteiger partial charge on any atom is 0.416 e. The lowest BCUT2D eigenvalue weighted by molar-refractivity contribution is -0.138. The summed E-state index contributed by atoms with van der Waals surface area (Å²) in [4.78, 5) is 12.1. The van der Waals surface area contributed by atoms with Crippen LogP contribution in [0.15, 0.2) is 42.5 Å². The number of ether oxygens (including phenoxy) is 1. The predicted molar refractivity (Wildman–Crippen MR) is 92.7 cm³/mol. The summed E-state index contributed by atoms with van der Waals surface area (Å²) in [6, 6.07) is 10.3. The Morgan fingerprint density at radius 3 is 2.35 bits per heavy atom. The van der Waals surface area contributed by atoms with Gasteiger partial charge < -0.3 is 15.8 Å². The molecule has 2 rings (SSSR count). The molecule has 26 heavy (non-hydrogen) atoms. The van der Waals surface area contributed by atoms with Crippen molar-refractivity contribution in [2.75, 3.05) is 0 Å². The second-order valence-electron chi connectivity index (χ2n) is 6.07. The van der Waals surface area contributed by atoms with Gasteiger partial charge in [0, 0.05) is 18.7 Å². The number of hydrogen-bond donors (Lipinski definition) is 2. The van der Waals surface area contributed by atoms with Gasteiger partial charge in [0.25, 0.3) is 5.91 Å². The van der Waals surface area contributed by atoms with Crippen molar-refractivity contribution in [3.8, 4) is 5.75 Å². The number of nitrogens with one attached hydrogen (secondary N) is 1. The number of halogens is 3. The standard InChI is InChI=1S/C19H21F3N2O2/c1-12(2)26-16-8-7-15(17(9-16)19(20,21)22)11-24-18(25)14-5-3-13(10-23)4-6-14/h3-9,12H,10-11,23H2,1-2H3,(H,24,25). The van der Waals surface area contributed by atoms with Gasteiger partial charge in [-0.05, 0) is 49.2 Å². The van der Waals surface area contributed by atoms with Gasteiger partial charge >= 0.3 is 6.18 Å². The van der Waals surface area contributed by atoms with Gasteiger partial charge in [0.15, 0.2) is 0 Å². The van der Waals surface area contributed by atoms with E-state index in [1.807, 2.05) is 0 Å². The van der Waals surface area contributed by atoms with Crippen molar-refractivity contribution in [1.82, 2.24) is 5.32 Å². The summed E-state index contributed by atoms with van der Waals surface area (Å²) in [5, 5.41) is 2.51. The monoisotopic (exact) mass is 366 g/mol. The van der Waals surface area contributed by atoms with Gasteiger partial charge in [-0.15, -0.1) is 0 Å². The van der Waals surface area contributed by atoms with E-state index in [1.165, 1.54) is 12.1 Å². The molecule has 0 aliphatic carbocycles. The van der Waals surface area contributed by atoms with E-state index in [0.29, 0.717) is 12.1 Å². The Hall–Kier alpha value is -2.54. The predicted octanol–water partition coefficient (Wildman–Crippen LogP) is 3.88. The molecule has 0 saturated heterocycles. The lowest BCUT2D eigenvalue weighted by atomic mass is 10.1. The summed E-state index contributed by atoms with van der Waals surface area (Å²) < 4.78 is 45.3. The molecule has 3 N–H and O–H groups in total. The van der Waals surface area contributed by atoms with Crippen LogP contribution in [0.4, 0.5) is 13.2 Å². The van der Waals surface area contributed by atoms with Crippen LogP contribution in [0.2, 0.25) is 0 Å². The van der Waals surface area contributed by atoms with Crippen LogP contribution >= 0.6 is 0 Å². The number of nitrogens with two attached hydrogens (primary N) is 1. The highest BCUT2D eigenvalue weighted by atomic mass is 19.4. The molecule has 0 aliphatic rings. The third-order valence-electron chi connectivity index (χ3n) is 3.65. The maximum atomic E-state index is 13.3. The van der Waals surface area contributed by atoms with Crippen molar-refractivity contribution in [2.24, 2.45) is 5.73 Å². The first-order valence-corrected chi connectivity index (χ1v) is 8.14. The number of carbonyl (C=O) groups is 1. The SMILES string of the molecule is CC(C)Oc1ccc(CNC(=O)c2ccc(CN)cc2)c(C(F)(F)F)c1. The fraction of sp³-hybridized carbons (Fsp3) is 0.316. The molecular weight excluding hydrogens is 345 g/mol. The average Bonchev–Trinajstić information content (AvgIpc) is 2.59. The molecule has 2 aromatic carbocycles. The van der Waals surface area contributed by atoms with Gasteiger partial charge in [0.1, 0.15) is 5.75 Å². The quantitative estimate of drug-likeness (QED) is 0.815. The molecule has 0 bridgehead atoms. The Bertz CT molecular complexity index is 756. The summed E-state index contributed by atoms with van der Waals surface area (Å²) in [6.45, 7) is 3.57. The lowest BCUT2D eigenvalue weighted by Gasteiger charge is -2.17. The van der Waals surface area contributed by atoms with Crippen molar-refractivity contribution in [1.29, 1.82) is 0 Å². The van der Waals surface area contributed by atoms with Crippen molar-refractivity contribution in [3.63, 3.8) is 0 Å². The summed E-state index contributed by atoms with van der Waals surface area (Å²) in [7, 11) is 0. The Balaban J connectivity index is 2.15. The molecule has 7 heteroatoms. The lowest BCUT2D eigenvalue weighted by Crippen LogP contribution is -2.24. The highest BCUT2D eigenvalue weighted by Crippen LogP contribution is 2.34. The first-order valence-electron chi connectivity index (χ1n) is 8.14. The fourth-order valence-electron chi connectivity index (χ4n) is 2.39. The number of hydrogen-bond acceptors (Lipinski definition) is 3. The van der Waals surface area contributed by atoms with Gasteiger partial charge in [-0.1, -0.05) is 18.2 Å². The van der Waals surface area contributed by atoms with E-state index >= 15 is 0 Å². The number of rotatable bonds is 6. The molecule has 0 spiro atoms. The summed E-state index contributed by atoms with van der Waals surface area (Å²) in [5.74, 6) is -0.316. The van der Waals surface area contributed by atoms with Crippen molar-refractivity contribution in [2.45, 2.75) is 39.2 Å². The summed E-state index contributed by atoms with van der Waals surface area (Å²) in [5.41, 5.74) is 5.86. The minimum absolute atomic E-state index is 0.0273. The minimum Gasteiger partial charge on any atom is -0.491 e. The van der Waals surface area contributed by atoms with Gasteiger partial charge in [-0.25, -0.2) is 0 Å². The molecule has 1 amide bonds. The average molecular weight is 366 g/mol. The van der Waals surface area contributed by atoms with Crippen molar-refractivity contribution < 1.29 is 22.7 Å². The van der Waals surface area contributed by atoms with Crippen molar-refractivity contribution >= 4 is 5.91 Å². The zero-order valence-corrected chi connectivity index (χ0v) is 14.6. The van der Waals surface area contributed by atoms with Gasteiger partial charge in [0.05, 0.1) is 11.7 Å². The number of amides is 1. The molecular formula is C19H21F3N2O2. The molecule has 0 heterocycles. The number of benzene rings is 2. The summed E-state index contributed by atoms with van der Waals surface area (Å²) in [6.07, 6.45) is -4.78. The van der Waals surface area contributed by atoms with Crippen LogP contribution in [-0.4, -0.2) is 12.0 Å². The number of alkyl halides is 3. The largest absolute Gasteiger partial charge is 0.491 e. The third-order valence-corrected chi connectivity index (χ3v) is 3.65. The molecule has 0 atom stereocenters. The van der Waals surface area contributed by atoms with Gasteiger partial charge in [-0.2, -0.15) is 13.2 Å². The molecule has 0 aromatic heterocycles. The minimum atomic E-state index is -4.54. The molecule has 2 aromatic rings. The highest BCUT2D eigenvalue weighted by molar-refractivity contribution is 5.94. The first kappa shape index (κ1) is 19.8. The Morgan fingerprint density at radius 1 is 1.15 bits per heavy atom. The van der Waals surface area contributed by atoms with Crippen LogP contribution in [0.25, 0.3) is 0 Å². The molecule has 0 saturated carbocycles. The van der Waals surface area contributed by atoms with Crippen LogP contribution in [0, 0.1) is 0 Å². The van der Waals surface area contributed by atoms with Crippen LogP contribution in [0.3, 0.4) is 0 Å². The number of carbonyl (C=O) groups excluding carboxylic acids is 1. The zero-order chi connectivity index (χ0) is 19.3. The Labute approximate surface area is 150 Å². The second kappa shape index (κ2) is 8.23. The van der Waals surface area contributed by atoms with E-state index in [-0.39, 0.29) is 24.0 Å². The highest BCUT2D eigenvalue weighted by Gasteiger charge is 2.34. The normalized spacial score (nSPS) is 11.5. The van der Waals surface area contributed by atoms with Crippen LogP contribution in [-0.2, 0) is 19.3 Å². The van der Waals surface area contributed by atoms with E-state index in [0.717, 1.165) is 11.6 Å². The first-order chi connectivity index (χ1) is 12.2.